The van der Waals surface area contributed by atoms with Crippen molar-refractivity contribution in [3.8, 4) is 56.1 Å². The third kappa shape index (κ3) is 8.41. The molecule has 20 aromatic carbocycles. The lowest BCUT2D eigenvalue weighted by Gasteiger charge is -2.34. The molecule has 6 nitrogen and oxygen atoms in total. The Balaban J connectivity index is 0.628. The quantitative estimate of drug-likeness (QED) is 0.135. The topological polar surface area (TPSA) is 26.2 Å². The largest absolute Gasteiger partial charge is 0.309 e. The molecule has 0 aliphatic carbocycles. The van der Waals surface area contributed by atoms with Gasteiger partial charge in [0.05, 0.1) is 89.6 Å². The van der Waals surface area contributed by atoms with Crippen molar-refractivity contribution < 1.29 is 0 Å². The second kappa shape index (κ2) is 23.2. The van der Waals surface area contributed by atoms with E-state index in [-0.39, 0.29) is 0 Å². The van der Waals surface area contributed by atoms with Gasteiger partial charge in [0.1, 0.15) is 0 Å². The van der Waals surface area contributed by atoms with Gasteiger partial charge in [-0.05, 0) is 178 Å². The fourth-order valence-corrected chi connectivity index (χ4v) is 20.5. The average Bonchev–Trinajstić information content (AvgIpc) is 1.01. The average molecular weight is 1450 g/mol. The van der Waals surface area contributed by atoms with Crippen LogP contribution in [0.1, 0.15) is 0 Å². The molecule has 0 radical (unpaired) electrons. The van der Waals surface area contributed by atoms with Crippen molar-refractivity contribution in [1.82, 2.24) is 18.3 Å². The third-order valence-electron chi connectivity index (χ3n) is 25.3. The minimum absolute atomic E-state index is 1.10. The van der Waals surface area contributed by atoms with Crippen LogP contribution in [0.5, 0.6) is 0 Å². The molecule has 0 amide bonds. The molecule has 114 heavy (non-hydrogen) atoms. The Hall–Kier alpha value is -15.2. The van der Waals surface area contributed by atoms with E-state index in [0.717, 1.165) is 84.5 Å². The van der Waals surface area contributed by atoms with Gasteiger partial charge in [0.25, 0.3) is 0 Å². The fourth-order valence-electron chi connectivity index (χ4n) is 20.5. The van der Waals surface area contributed by atoms with E-state index in [1.807, 2.05) is 0 Å². The van der Waals surface area contributed by atoms with Crippen molar-refractivity contribution in [3.05, 3.63) is 388 Å². The Bertz CT molecular complexity index is 8020. The predicted molar refractivity (Wildman–Crippen MR) is 482 cm³/mol. The maximum absolute atomic E-state index is 2.55. The van der Waals surface area contributed by atoms with Crippen LogP contribution in [0.2, 0.25) is 0 Å². The number of hydrogen-bond donors (Lipinski definition) is 0. The zero-order valence-corrected chi connectivity index (χ0v) is 61.6. The lowest BCUT2D eigenvalue weighted by atomic mass is 9.89. The fraction of sp³-hybridized carbons (Fsp3) is 0. The summed E-state index contributed by atoms with van der Waals surface area (Å²) in [5, 5.41) is 24.7. The van der Waals surface area contributed by atoms with E-state index in [4.69, 9.17) is 0 Å². The van der Waals surface area contributed by atoms with Crippen LogP contribution in [0.15, 0.2) is 388 Å². The van der Waals surface area contributed by atoms with Gasteiger partial charge in [0, 0.05) is 108 Å². The Labute approximate surface area is 654 Å². The normalized spacial score (nSPS) is 12.7. The van der Waals surface area contributed by atoms with Crippen molar-refractivity contribution in [3.63, 3.8) is 0 Å². The minimum atomic E-state index is 1.10. The van der Waals surface area contributed by atoms with Crippen LogP contribution in [0.3, 0.4) is 0 Å². The molecule has 26 rings (SSSR count). The number of para-hydroxylation sites is 7. The maximum atomic E-state index is 2.55. The first-order chi connectivity index (χ1) is 56.6. The standard InChI is InChI=1S/C108H64N6/c1-2-20-65(21-3-1)66-40-47-73(48-41-66)109-99-58-54-94(111-87-33-11-4-26-75(87)76-27-5-12-34-88(76)111)82-49-42-67-45-52-85-97(55-59-100(109)106(85)103(67)105(82)99)114-93-39-17-10-32-81(93)86-64-72(46-53-98(86)114)70-23-18-22-69(62-70)71-24-19-25-74(63-71)110-101-60-56-95(112-89-35-13-6-28-77(89)78-29-7-14-36-90(78)112)83-50-43-68-44-51-84-96(57-61-102(110)108(84)104(68)107(83)101)113-91-37-15-8-30-79(91)80-31-9-16-38-92(80)113/h1-64H. The van der Waals surface area contributed by atoms with Gasteiger partial charge in [-0.1, -0.05) is 255 Å². The highest BCUT2D eigenvalue weighted by molar-refractivity contribution is 6.35. The second-order valence-corrected chi connectivity index (χ2v) is 31.0. The van der Waals surface area contributed by atoms with Gasteiger partial charge in [-0.2, -0.15) is 0 Å². The number of anilines is 6. The molecule has 0 unspecified atom stereocenters. The zero-order chi connectivity index (χ0) is 74.1. The summed E-state index contributed by atoms with van der Waals surface area (Å²) in [7, 11) is 0. The van der Waals surface area contributed by atoms with E-state index >= 15 is 0 Å². The van der Waals surface area contributed by atoms with Crippen LogP contribution < -0.4 is 9.80 Å². The molecule has 0 spiro atoms. The molecule has 0 bridgehead atoms. The first kappa shape index (κ1) is 61.6. The molecule has 6 heterocycles. The Morgan fingerprint density at radius 2 is 0.404 bits per heavy atom. The summed E-state index contributed by atoms with van der Waals surface area (Å²) in [4.78, 5) is 5.07. The van der Waals surface area contributed by atoms with Crippen molar-refractivity contribution >= 4 is 186 Å². The highest BCUT2D eigenvalue weighted by Crippen LogP contribution is 2.57. The van der Waals surface area contributed by atoms with Crippen LogP contribution in [-0.2, 0) is 0 Å². The van der Waals surface area contributed by atoms with Gasteiger partial charge in [0.15, 0.2) is 0 Å². The van der Waals surface area contributed by atoms with Gasteiger partial charge < -0.3 is 28.1 Å². The van der Waals surface area contributed by atoms with E-state index in [2.05, 4.69) is 416 Å². The SMILES string of the molecule is c1ccc(-c2ccc(N3c4ccc(-n5c6ccccc6c6ccccc65)c5ccc6ccc7c(-n8c9ccccc9c9cc(-c%10cccc(-c%11cccc(N%12c%13ccc(-n%14c%15ccccc%15c%15ccccc%15%14)c%14ccc%15ccc%16c(-n%17c%18ccccc%18c%18ccccc%18%17)ccc%12c%16c%15c%13%14)c%11)c%10)ccc98)ccc3c7c6c45)cc2)cc1. The van der Waals surface area contributed by atoms with E-state index in [1.54, 1.807) is 0 Å². The molecule has 6 heteroatoms. The second-order valence-electron chi connectivity index (χ2n) is 31.0. The molecule has 2 aliphatic rings. The van der Waals surface area contributed by atoms with Crippen LogP contribution in [0.25, 0.3) is 208 Å². The molecule has 0 atom stereocenters. The number of nitrogens with zero attached hydrogens (tertiary/aromatic N) is 6. The molecule has 0 saturated heterocycles. The summed E-state index contributed by atoms with van der Waals surface area (Å²) >= 11 is 0. The van der Waals surface area contributed by atoms with Gasteiger partial charge in [-0.25, -0.2) is 0 Å². The lowest BCUT2D eigenvalue weighted by Crippen LogP contribution is -2.15. The van der Waals surface area contributed by atoms with Gasteiger partial charge in [-0.15, -0.1) is 0 Å². The summed E-state index contributed by atoms with van der Waals surface area (Å²) < 4.78 is 10.0. The Kier molecular flexibility index (Phi) is 12.5. The molecule has 4 aromatic heterocycles. The summed E-state index contributed by atoms with van der Waals surface area (Å²) in [6, 6.07) is 146. The number of fused-ring (bicyclic) bond motifs is 12. The number of aromatic nitrogens is 4. The third-order valence-corrected chi connectivity index (χ3v) is 25.3. The molecule has 0 saturated carbocycles. The van der Waals surface area contributed by atoms with Gasteiger partial charge in [0.2, 0.25) is 0 Å². The molecule has 0 N–H and O–H groups in total. The molecular weight excluding hydrogens is 1380 g/mol. The van der Waals surface area contributed by atoms with Crippen LogP contribution in [-0.4, -0.2) is 18.3 Å². The maximum Gasteiger partial charge on any atom is 0.0548 e. The van der Waals surface area contributed by atoms with Crippen LogP contribution in [0.4, 0.5) is 34.1 Å². The van der Waals surface area contributed by atoms with Crippen LogP contribution in [0, 0.1) is 0 Å². The lowest BCUT2D eigenvalue weighted by molar-refractivity contribution is 1.19. The molecule has 2 aliphatic heterocycles. The van der Waals surface area contributed by atoms with Crippen molar-refractivity contribution in [2.45, 2.75) is 0 Å². The van der Waals surface area contributed by atoms with Gasteiger partial charge >= 0.3 is 0 Å². The number of benzene rings is 20. The van der Waals surface area contributed by atoms with Crippen molar-refractivity contribution in [1.29, 1.82) is 0 Å². The van der Waals surface area contributed by atoms with Crippen molar-refractivity contribution in [2.75, 3.05) is 9.80 Å². The van der Waals surface area contributed by atoms with Crippen molar-refractivity contribution in [2.24, 2.45) is 0 Å². The number of rotatable bonds is 9. The van der Waals surface area contributed by atoms with E-state index < -0.39 is 0 Å². The van der Waals surface area contributed by atoms with E-state index in [1.165, 1.54) is 158 Å². The first-order valence-corrected chi connectivity index (χ1v) is 39.5. The molecule has 526 valence electrons. The summed E-state index contributed by atoms with van der Waals surface area (Å²) in [6.45, 7) is 0. The van der Waals surface area contributed by atoms with E-state index in [9.17, 15) is 0 Å². The smallest absolute Gasteiger partial charge is 0.0548 e. The molecule has 0 fully saturated rings. The highest BCUT2D eigenvalue weighted by Gasteiger charge is 2.33. The first-order valence-electron chi connectivity index (χ1n) is 39.5. The minimum Gasteiger partial charge on any atom is -0.309 e. The molecular formula is C108H64N6. The highest BCUT2D eigenvalue weighted by atomic mass is 15.2. The summed E-state index contributed by atoms with van der Waals surface area (Å²) in [5.41, 5.74) is 27.9. The Morgan fingerprint density at radius 1 is 0.132 bits per heavy atom. The monoisotopic (exact) mass is 1440 g/mol. The summed E-state index contributed by atoms with van der Waals surface area (Å²) in [6.07, 6.45) is 0. The zero-order valence-electron chi connectivity index (χ0n) is 61.6. The van der Waals surface area contributed by atoms with E-state index in [0.29, 0.717) is 0 Å². The van der Waals surface area contributed by atoms with Gasteiger partial charge in [-0.3, -0.25) is 0 Å². The Morgan fingerprint density at radius 3 is 0.781 bits per heavy atom. The summed E-state index contributed by atoms with van der Waals surface area (Å²) in [5.74, 6) is 0. The van der Waals surface area contributed by atoms with Crippen LogP contribution >= 0.6 is 0 Å². The predicted octanol–water partition coefficient (Wildman–Crippen LogP) is 29.6. The number of hydrogen-bond acceptors (Lipinski definition) is 2. The molecule has 24 aromatic rings.